The summed E-state index contributed by atoms with van der Waals surface area (Å²) in [6.07, 6.45) is 0. The Morgan fingerprint density at radius 2 is 1.25 bits per heavy atom. The first-order valence-electron chi connectivity index (χ1n) is 5.84. The minimum Gasteiger partial charge on any atom is -0.465 e. The van der Waals surface area contributed by atoms with Gasteiger partial charge in [-0.05, 0) is 34.6 Å². The van der Waals surface area contributed by atoms with Gasteiger partial charge in [-0.15, -0.1) is 0 Å². The Morgan fingerprint density at radius 3 is 1.45 bits per heavy atom. The van der Waals surface area contributed by atoms with Crippen LogP contribution in [0.3, 0.4) is 0 Å². The zero-order valence-corrected chi connectivity index (χ0v) is 13.8. The number of rotatable bonds is 7. The molecule has 0 aliphatic rings. The van der Waals surface area contributed by atoms with E-state index in [1.54, 1.807) is 0 Å². The fourth-order valence-electron chi connectivity index (χ4n) is 2.23. The first-order chi connectivity index (χ1) is 8.63. The van der Waals surface area contributed by atoms with E-state index in [-0.39, 0.29) is 28.3 Å². The molecule has 0 spiro atoms. The van der Waals surface area contributed by atoms with E-state index in [0.29, 0.717) is 0 Å². The molecule has 0 rings (SSSR count). The van der Waals surface area contributed by atoms with Crippen molar-refractivity contribution in [1.82, 2.24) is 0 Å². The average molecular weight is 318 g/mol. The maximum absolute atomic E-state index is 11.8. The molecule has 0 aromatic heterocycles. The summed E-state index contributed by atoms with van der Waals surface area (Å²) in [4.78, 5) is 58.9. The second-order valence-corrected chi connectivity index (χ2v) is 4.27. The van der Waals surface area contributed by atoms with Gasteiger partial charge in [0.2, 0.25) is 0 Å². The third-order valence-electron chi connectivity index (χ3n) is 3.03. The van der Waals surface area contributed by atoms with Crippen LogP contribution >= 0.6 is 0 Å². The largest absolute Gasteiger partial charge is 0.465 e. The van der Waals surface area contributed by atoms with Crippen LogP contribution in [0.25, 0.3) is 0 Å². The summed E-state index contributed by atoms with van der Waals surface area (Å²) in [5.74, 6) is -6.00. The molecule has 0 bridgehead atoms. The van der Waals surface area contributed by atoms with Gasteiger partial charge in [-0.1, -0.05) is 0 Å². The Hall–Kier alpha value is -1.14. The van der Waals surface area contributed by atoms with Gasteiger partial charge in [0.05, 0.1) is 6.61 Å². The number of carbonyl (C=O) groups is 5. The summed E-state index contributed by atoms with van der Waals surface area (Å²) >= 11 is 0. The maximum atomic E-state index is 11.8. The Kier molecular flexibility index (Phi) is 8.70. The number of hydrogen-bond acceptors (Lipinski definition) is 6. The fourth-order valence-corrected chi connectivity index (χ4v) is 2.23. The summed E-state index contributed by atoms with van der Waals surface area (Å²) in [5, 5.41) is 0. The van der Waals surface area contributed by atoms with Crippen molar-refractivity contribution in [3.05, 3.63) is 0 Å². The Labute approximate surface area is 132 Å². The summed E-state index contributed by atoms with van der Waals surface area (Å²) in [6.45, 7) is 5.58. The second kappa shape index (κ2) is 8.22. The number of hydrogen-bond donors (Lipinski definition) is 0. The summed E-state index contributed by atoms with van der Waals surface area (Å²) in [7, 11) is 0. The average Bonchev–Trinajstić information content (AvgIpc) is 2.23. The van der Waals surface area contributed by atoms with Crippen molar-refractivity contribution in [3.8, 4) is 0 Å². The Balaban J connectivity index is 0. The van der Waals surface area contributed by atoms with Crippen molar-refractivity contribution in [3.63, 3.8) is 0 Å². The summed E-state index contributed by atoms with van der Waals surface area (Å²) in [6, 6.07) is 0. The van der Waals surface area contributed by atoms with E-state index in [1.165, 1.54) is 6.92 Å². The molecule has 1 atom stereocenters. The predicted octanol–water partition coefficient (Wildman–Crippen LogP) is 0.506. The minimum absolute atomic E-state index is 0. The third kappa shape index (κ3) is 3.70. The van der Waals surface area contributed by atoms with Crippen LogP contribution in [0.5, 0.6) is 0 Å². The maximum Gasteiger partial charge on any atom is 0.318 e. The van der Waals surface area contributed by atoms with Crippen LogP contribution in [0.2, 0.25) is 0 Å². The molecule has 110 valence electrons. The molecule has 0 fully saturated rings. The first kappa shape index (κ1) is 21.2. The molecular weight excluding hydrogens is 300 g/mol. The molecule has 20 heavy (non-hydrogen) atoms. The molecule has 0 heterocycles. The zero-order chi connectivity index (χ0) is 15.4. The van der Waals surface area contributed by atoms with Gasteiger partial charge >= 0.3 is 5.97 Å². The van der Waals surface area contributed by atoms with Crippen molar-refractivity contribution in [2.24, 2.45) is 11.3 Å². The van der Waals surface area contributed by atoms with Gasteiger partial charge in [0, 0.05) is 21.7 Å². The van der Waals surface area contributed by atoms with Crippen molar-refractivity contribution in [2.45, 2.75) is 34.6 Å². The van der Waals surface area contributed by atoms with E-state index in [9.17, 15) is 24.0 Å². The van der Waals surface area contributed by atoms with E-state index in [4.69, 9.17) is 4.74 Å². The van der Waals surface area contributed by atoms with E-state index >= 15 is 0 Å². The van der Waals surface area contributed by atoms with Crippen molar-refractivity contribution in [1.29, 1.82) is 0 Å². The standard InChI is InChI=1S/C13H18O6.Ti/c1-6-19-12(18)11(7(2)14)13(8(3)15,9(4)16)10(5)17;/h11H,6H2,1-5H3;. The number of ketones is 4. The SMILES string of the molecule is CCOC(=O)C(C(C)=O)C(C(C)=O)(C(C)=O)C(C)=O.[Ti]. The fraction of sp³-hybridized carbons (Fsp3) is 0.615. The van der Waals surface area contributed by atoms with E-state index in [1.807, 2.05) is 0 Å². The monoisotopic (exact) mass is 318 g/mol. The van der Waals surface area contributed by atoms with Gasteiger partial charge < -0.3 is 4.74 Å². The molecule has 0 aromatic carbocycles. The van der Waals surface area contributed by atoms with Crippen LogP contribution in [0.1, 0.15) is 34.6 Å². The number of ether oxygens (including phenoxy) is 1. The molecule has 0 saturated heterocycles. The molecule has 0 radical (unpaired) electrons. The van der Waals surface area contributed by atoms with Crippen molar-refractivity contribution in [2.75, 3.05) is 6.61 Å². The molecule has 0 aliphatic carbocycles. The molecule has 0 N–H and O–H groups in total. The molecule has 0 saturated carbocycles. The summed E-state index contributed by atoms with van der Waals surface area (Å²) in [5.41, 5.74) is -2.28. The molecule has 1 unspecified atom stereocenters. The van der Waals surface area contributed by atoms with Crippen LogP contribution in [0, 0.1) is 11.3 Å². The van der Waals surface area contributed by atoms with E-state index in [2.05, 4.69) is 0 Å². The third-order valence-corrected chi connectivity index (χ3v) is 3.03. The smallest absolute Gasteiger partial charge is 0.318 e. The predicted molar refractivity (Wildman–Crippen MR) is 65.3 cm³/mol. The number of esters is 1. The van der Waals surface area contributed by atoms with Gasteiger partial charge in [0.15, 0.2) is 22.8 Å². The van der Waals surface area contributed by atoms with Crippen LogP contribution < -0.4 is 0 Å². The molecule has 0 amide bonds. The summed E-state index contributed by atoms with van der Waals surface area (Å²) < 4.78 is 4.71. The van der Waals surface area contributed by atoms with E-state index in [0.717, 1.165) is 27.7 Å². The van der Waals surface area contributed by atoms with Crippen LogP contribution in [0.15, 0.2) is 0 Å². The van der Waals surface area contributed by atoms with Crippen LogP contribution in [0.4, 0.5) is 0 Å². The van der Waals surface area contributed by atoms with Gasteiger partial charge in [-0.3, -0.25) is 24.0 Å². The van der Waals surface area contributed by atoms with Crippen LogP contribution in [-0.2, 0) is 50.4 Å². The van der Waals surface area contributed by atoms with E-state index < -0.39 is 40.4 Å². The molecule has 0 aliphatic heterocycles. The minimum atomic E-state index is -2.28. The zero-order valence-electron chi connectivity index (χ0n) is 12.2. The van der Waals surface area contributed by atoms with Crippen molar-refractivity contribution < 1.29 is 50.4 Å². The van der Waals surface area contributed by atoms with Gasteiger partial charge in [-0.25, -0.2) is 0 Å². The number of carbonyl (C=O) groups excluding carboxylic acids is 5. The first-order valence-corrected chi connectivity index (χ1v) is 5.84. The van der Waals surface area contributed by atoms with Gasteiger partial charge in [-0.2, -0.15) is 0 Å². The molecule has 7 heteroatoms. The Bertz CT molecular complexity index is 404. The second-order valence-electron chi connectivity index (χ2n) is 4.27. The normalized spacial score (nSPS) is 11.8. The molecular formula is C13H18O6Ti. The van der Waals surface area contributed by atoms with Crippen molar-refractivity contribution >= 4 is 29.1 Å². The Morgan fingerprint density at radius 1 is 0.900 bits per heavy atom. The molecule has 6 nitrogen and oxygen atoms in total. The topological polar surface area (TPSA) is 94.6 Å². The van der Waals surface area contributed by atoms with Gasteiger partial charge in [0.1, 0.15) is 11.7 Å². The quantitative estimate of drug-likeness (QED) is 0.385. The van der Waals surface area contributed by atoms with Gasteiger partial charge in [0.25, 0.3) is 0 Å². The number of Topliss-reactive ketones (excluding diaryl/α,β-unsaturated/α-hetero) is 4. The molecule has 0 aromatic rings. The van der Waals surface area contributed by atoms with Crippen LogP contribution in [-0.4, -0.2) is 35.7 Å².